The maximum Gasteiger partial charge on any atom is 0.0755 e. The van der Waals surface area contributed by atoms with E-state index in [1.165, 1.54) is 0 Å². The highest BCUT2D eigenvalue weighted by Crippen LogP contribution is 2.21. The van der Waals surface area contributed by atoms with Crippen LogP contribution >= 0.6 is 0 Å². The van der Waals surface area contributed by atoms with Crippen LogP contribution in [0.2, 0.25) is 0 Å². The highest BCUT2D eigenvalue weighted by atomic mass is 15.2. The van der Waals surface area contributed by atoms with Gasteiger partial charge in [0.25, 0.3) is 0 Å². The maximum atomic E-state index is 5.86. The van der Waals surface area contributed by atoms with Gasteiger partial charge in [0, 0.05) is 37.7 Å². The van der Waals surface area contributed by atoms with Gasteiger partial charge in [-0.1, -0.05) is 0 Å². The van der Waals surface area contributed by atoms with Crippen molar-refractivity contribution in [2.45, 2.75) is 25.4 Å². The Labute approximate surface area is 84.2 Å². The summed E-state index contributed by atoms with van der Waals surface area (Å²) < 4.78 is 0. The Bertz CT molecular complexity index is 287. The number of likely N-dealkylation sites (tertiary alicyclic amines) is 1. The van der Waals surface area contributed by atoms with E-state index >= 15 is 0 Å². The van der Waals surface area contributed by atoms with Crippen LogP contribution in [-0.2, 0) is 0 Å². The molecule has 0 unspecified atom stereocenters. The fraction of sp³-hybridized carbons (Fsp3) is 0.600. The lowest BCUT2D eigenvalue weighted by Gasteiger charge is -2.22. The van der Waals surface area contributed by atoms with E-state index in [0.29, 0.717) is 12.1 Å². The summed E-state index contributed by atoms with van der Waals surface area (Å²) in [5.41, 5.74) is 6.89. The monoisotopic (exact) mass is 192 g/mol. The van der Waals surface area contributed by atoms with Crippen molar-refractivity contribution >= 4 is 0 Å². The van der Waals surface area contributed by atoms with Gasteiger partial charge in [0.2, 0.25) is 0 Å². The lowest BCUT2D eigenvalue weighted by molar-refractivity contribution is 0.255. The number of nitrogens with two attached hydrogens (primary N) is 1. The van der Waals surface area contributed by atoms with Crippen molar-refractivity contribution in [1.29, 1.82) is 0 Å². The summed E-state index contributed by atoms with van der Waals surface area (Å²) in [6.07, 6.45) is 6.35. The quantitative estimate of drug-likeness (QED) is 0.744. The van der Waals surface area contributed by atoms with Crippen molar-refractivity contribution in [3.8, 4) is 0 Å². The van der Waals surface area contributed by atoms with Crippen molar-refractivity contribution < 1.29 is 0 Å². The standard InChI is InChI=1S/C10H16N4/c1-8(10-6-12-3-4-13-10)14-5-2-9(11)7-14/h3-4,6,8-9H,2,5,7,11H2,1H3/t8-,9-/m0/s1. The van der Waals surface area contributed by atoms with Gasteiger partial charge in [0.05, 0.1) is 11.7 Å². The third kappa shape index (κ3) is 1.91. The minimum Gasteiger partial charge on any atom is -0.326 e. The highest BCUT2D eigenvalue weighted by Gasteiger charge is 2.24. The van der Waals surface area contributed by atoms with Crippen molar-refractivity contribution in [3.05, 3.63) is 24.3 Å². The van der Waals surface area contributed by atoms with Crippen molar-refractivity contribution in [2.24, 2.45) is 5.73 Å². The second-order valence-electron chi connectivity index (χ2n) is 3.85. The summed E-state index contributed by atoms with van der Waals surface area (Å²) in [6, 6.07) is 0.659. The second kappa shape index (κ2) is 4.02. The zero-order valence-corrected chi connectivity index (χ0v) is 8.43. The molecule has 1 aromatic rings. The van der Waals surface area contributed by atoms with E-state index < -0.39 is 0 Å². The predicted octanol–water partition coefficient (Wildman–Crippen LogP) is 0.571. The van der Waals surface area contributed by atoms with Gasteiger partial charge in [-0.25, -0.2) is 0 Å². The number of aromatic nitrogens is 2. The highest BCUT2D eigenvalue weighted by molar-refractivity contribution is 5.02. The largest absolute Gasteiger partial charge is 0.326 e. The van der Waals surface area contributed by atoms with E-state index in [2.05, 4.69) is 21.8 Å². The van der Waals surface area contributed by atoms with E-state index in [1.807, 2.05) is 6.20 Å². The predicted molar refractivity (Wildman–Crippen MR) is 54.6 cm³/mol. The molecule has 4 nitrogen and oxygen atoms in total. The zero-order chi connectivity index (χ0) is 9.97. The lowest BCUT2D eigenvalue weighted by Crippen LogP contribution is -2.29. The van der Waals surface area contributed by atoms with Crippen LogP contribution in [0.15, 0.2) is 18.6 Å². The molecule has 0 aliphatic carbocycles. The molecule has 0 saturated carbocycles. The summed E-state index contributed by atoms with van der Waals surface area (Å²) in [6.45, 7) is 4.19. The molecule has 1 aromatic heterocycles. The van der Waals surface area contributed by atoms with Gasteiger partial charge in [0.15, 0.2) is 0 Å². The minimum absolute atomic E-state index is 0.328. The fourth-order valence-electron chi connectivity index (χ4n) is 1.88. The van der Waals surface area contributed by atoms with Gasteiger partial charge in [-0.05, 0) is 13.3 Å². The molecule has 76 valence electrons. The van der Waals surface area contributed by atoms with Gasteiger partial charge in [-0.3, -0.25) is 14.9 Å². The number of hydrogen-bond acceptors (Lipinski definition) is 4. The van der Waals surface area contributed by atoms with Crippen LogP contribution in [0, 0.1) is 0 Å². The molecule has 2 rings (SSSR count). The first-order valence-corrected chi connectivity index (χ1v) is 5.03. The van der Waals surface area contributed by atoms with Crippen LogP contribution in [0.4, 0.5) is 0 Å². The molecule has 0 radical (unpaired) electrons. The molecule has 14 heavy (non-hydrogen) atoms. The molecule has 1 saturated heterocycles. The molecule has 0 spiro atoms. The summed E-state index contributed by atoms with van der Waals surface area (Å²) in [7, 11) is 0. The molecule has 2 heterocycles. The molecule has 1 fully saturated rings. The Kier molecular flexibility index (Phi) is 2.74. The zero-order valence-electron chi connectivity index (χ0n) is 8.43. The van der Waals surface area contributed by atoms with Gasteiger partial charge in [-0.15, -0.1) is 0 Å². The summed E-state index contributed by atoms with van der Waals surface area (Å²) in [5.74, 6) is 0. The second-order valence-corrected chi connectivity index (χ2v) is 3.85. The number of rotatable bonds is 2. The lowest BCUT2D eigenvalue weighted by atomic mass is 10.2. The van der Waals surface area contributed by atoms with Gasteiger partial charge in [-0.2, -0.15) is 0 Å². The summed E-state index contributed by atoms with van der Waals surface area (Å²) in [4.78, 5) is 10.7. The Balaban J connectivity index is 2.05. The first-order valence-electron chi connectivity index (χ1n) is 5.03. The van der Waals surface area contributed by atoms with Crippen LogP contribution in [0.3, 0.4) is 0 Å². The van der Waals surface area contributed by atoms with Crippen molar-refractivity contribution in [2.75, 3.05) is 13.1 Å². The van der Waals surface area contributed by atoms with Crippen LogP contribution < -0.4 is 5.73 Å². The molecule has 0 aromatic carbocycles. The average molecular weight is 192 g/mol. The number of hydrogen-bond donors (Lipinski definition) is 1. The molecule has 1 aliphatic rings. The normalized spacial score (nSPS) is 25.1. The van der Waals surface area contributed by atoms with E-state index in [9.17, 15) is 0 Å². The van der Waals surface area contributed by atoms with Crippen LogP contribution in [-0.4, -0.2) is 34.0 Å². The summed E-state index contributed by atoms with van der Waals surface area (Å²) >= 11 is 0. The van der Waals surface area contributed by atoms with Crippen LogP contribution in [0.1, 0.15) is 25.1 Å². The molecular formula is C10H16N4. The molecule has 4 heteroatoms. The average Bonchev–Trinajstić information content (AvgIpc) is 2.65. The third-order valence-electron chi connectivity index (χ3n) is 2.82. The first kappa shape index (κ1) is 9.55. The Hall–Kier alpha value is -1.00. The Morgan fingerprint density at radius 2 is 2.43 bits per heavy atom. The van der Waals surface area contributed by atoms with Crippen LogP contribution in [0.25, 0.3) is 0 Å². The summed E-state index contributed by atoms with van der Waals surface area (Å²) in [5, 5.41) is 0. The minimum atomic E-state index is 0.328. The SMILES string of the molecule is C[C@@H](c1cnccn1)N1CC[C@H](N)C1. The third-order valence-corrected chi connectivity index (χ3v) is 2.82. The molecule has 0 amide bonds. The first-order chi connectivity index (χ1) is 6.77. The number of nitrogens with zero attached hydrogens (tertiary/aromatic N) is 3. The van der Waals surface area contributed by atoms with Gasteiger partial charge >= 0.3 is 0 Å². The Morgan fingerprint density at radius 1 is 1.57 bits per heavy atom. The van der Waals surface area contributed by atoms with Gasteiger partial charge < -0.3 is 5.73 Å². The van der Waals surface area contributed by atoms with Crippen molar-refractivity contribution in [3.63, 3.8) is 0 Å². The topological polar surface area (TPSA) is 55.0 Å². The van der Waals surface area contributed by atoms with E-state index in [0.717, 1.165) is 25.2 Å². The van der Waals surface area contributed by atoms with E-state index in [4.69, 9.17) is 5.73 Å². The molecule has 0 bridgehead atoms. The molecule has 2 N–H and O–H groups in total. The molecule has 1 aliphatic heterocycles. The van der Waals surface area contributed by atoms with Crippen LogP contribution in [0.5, 0.6) is 0 Å². The maximum absolute atomic E-state index is 5.86. The molecule has 2 atom stereocenters. The molecular weight excluding hydrogens is 176 g/mol. The smallest absolute Gasteiger partial charge is 0.0755 e. The fourth-order valence-corrected chi connectivity index (χ4v) is 1.88. The Morgan fingerprint density at radius 3 is 3.00 bits per heavy atom. The van der Waals surface area contributed by atoms with Gasteiger partial charge in [0.1, 0.15) is 0 Å². The van der Waals surface area contributed by atoms with E-state index in [-0.39, 0.29) is 0 Å². The van der Waals surface area contributed by atoms with Crippen molar-refractivity contribution in [1.82, 2.24) is 14.9 Å². The van der Waals surface area contributed by atoms with E-state index in [1.54, 1.807) is 12.4 Å².